The van der Waals surface area contributed by atoms with Crippen molar-refractivity contribution in [2.45, 2.75) is 0 Å². The van der Waals surface area contributed by atoms with E-state index in [9.17, 15) is 0 Å². The van der Waals surface area contributed by atoms with E-state index in [1.165, 1.54) is 6.20 Å². The van der Waals surface area contributed by atoms with Crippen molar-refractivity contribution in [1.82, 2.24) is 5.32 Å². The summed E-state index contributed by atoms with van der Waals surface area (Å²) in [4.78, 5) is 0. The van der Waals surface area contributed by atoms with E-state index in [1.807, 2.05) is 0 Å². The van der Waals surface area contributed by atoms with Crippen LogP contribution in [0.1, 0.15) is 0 Å². The molecule has 0 saturated heterocycles. The molecule has 0 aliphatic carbocycles. The maximum absolute atomic E-state index is 8.76. The van der Waals surface area contributed by atoms with E-state index >= 15 is 0 Å². The maximum Gasteiger partial charge on any atom is 0.131 e. The van der Waals surface area contributed by atoms with Crippen molar-refractivity contribution in [3.8, 4) is 0 Å². The van der Waals surface area contributed by atoms with Gasteiger partial charge in [-0.05, 0) is 12.2 Å². The molecular weight excluding hydrogens is 182 g/mol. The van der Waals surface area contributed by atoms with E-state index in [2.05, 4.69) is 5.32 Å². The zero-order chi connectivity index (χ0) is 5.82. The molecule has 0 saturated carbocycles. The Morgan fingerprint density at radius 3 is 2.89 bits per heavy atom. The molecule has 0 radical (unpaired) electrons. The number of hydrogen-bond donors (Lipinski definition) is 2. The molecule has 0 amide bonds. The summed E-state index contributed by atoms with van der Waals surface area (Å²) in [5, 5.41) is 11.5. The van der Waals surface area contributed by atoms with Crippen molar-refractivity contribution in [2.24, 2.45) is 0 Å². The topological polar surface area (TPSA) is 32.3 Å². The number of nitrogens with one attached hydrogen (secondary N) is 1. The van der Waals surface area contributed by atoms with Crippen LogP contribution in [-0.4, -0.2) is 5.11 Å². The van der Waals surface area contributed by atoms with Crippen LogP contribution in [0.15, 0.2) is 36.4 Å². The SMILES string of the molecule is Br.OC1=CNC=CC=C1. The van der Waals surface area contributed by atoms with E-state index in [0.717, 1.165) is 0 Å². The third kappa shape index (κ3) is 2.98. The van der Waals surface area contributed by atoms with Crippen molar-refractivity contribution in [2.75, 3.05) is 0 Å². The first kappa shape index (κ1) is 8.30. The quantitative estimate of drug-likeness (QED) is 0.608. The second-order valence-electron chi connectivity index (χ2n) is 1.45. The monoisotopic (exact) mass is 189 g/mol. The lowest BCUT2D eigenvalue weighted by Crippen LogP contribution is -1.91. The van der Waals surface area contributed by atoms with Gasteiger partial charge in [-0.3, -0.25) is 0 Å². The van der Waals surface area contributed by atoms with E-state index < -0.39 is 0 Å². The number of rotatable bonds is 0. The van der Waals surface area contributed by atoms with Gasteiger partial charge in [0.2, 0.25) is 0 Å². The maximum atomic E-state index is 8.76. The Balaban J connectivity index is 0.000000640. The standard InChI is InChI=1S/C6H7NO.BrH/c8-6-3-1-2-4-7-5-6;/h1-5,7-8H;1H. The Morgan fingerprint density at radius 2 is 2.11 bits per heavy atom. The largest absolute Gasteiger partial charge is 0.506 e. The van der Waals surface area contributed by atoms with Crippen LogP contribution in [0.2, 0.25) is 0 Å². The van der Waals surface area contributed by atoms with E-state index in [-0.39, 0.29) is 22.7 Å². The van der Waals surface area contributed by atoms with Gasteiger partial charge in [0.15, 0.2) is 0 Å². The van der Waals surface area contributed by atoms with E-state index in [1.54, 1.807) is 24.4 Å². The van der Waals surface area contributed by atoms with Crippen molar-refractivity contribution in [3.05, 3.63) is 36.4 Å². The summed E-state index contributed by atoms with van der Waals surface area (Å²) in [6.07, 6.45) is 8.42. The minimum absolute atomic E-state index is 0. The first-order chi connectivity index (χ1) is 3.89. The van der Waals surface area contributed by atoms with E-state index in [0.29, 0.717) is 0 Å². The van der Waals surface area contributed by atoms with Gasteiger partial charge in [-0.15, -0.1) is 17.0 Å². The fourth-order valence-corrected chi connectivity index (χ4v) is 0.447. The predicted molar refractivity (Wildman–Crippen MR) is 42.4 cm³/mol. The van der Waals surface area contributed by atoms with Gasteiger partial charge in [0.05, 0.1) is 0 Å². The summed E-state index contributed by atoms with van der Waals surface area (Å²) in [5.41, 5.74) is 0. The number of hydrogen-bond acceptors (Lipinski definition) is 2. The van der Waals surface area contributed by atoms with Crippen LogP contribution >= 0.6 is 17.0 Å². The van der Waals surface area contributed by atoms with Crippen LogP contribution in [0.3, 0.4) is 0 Å². The molecule has 0 aromatic rings. The fraction of sp³-hybridized carbons (Fsp3) is 0. The zero-order valence-electron chi connectivity index (χ0n) is 4.74. The highest BCUT2D eigenvalue weighted by atomic mass is 79.9. The fourth-order valence-electron chi connectivity index (χ4n) is 0.447. The van der Waals surface area contributed by atoms with Crippen molar-refractivity contribution >= 4 is 17.0 Å². The first-order valence-corrected chi connectivity index (χ1v) is 2.38. The van der Waals surface area contributed by atoms with Gasteiger partial charge in [-0.2, -0.15) is 0 Å². The smallest absolute Gasteiger partial charge is 0.131 e. The third-order valence-corrected chi connectivity index (χ3v) is 0.802. The van der Waals surface area contributed by atoms with Gasteiger partial charge in [-0.1, -0.05) is 6.08 Å². The van der Waals surface area contributed by atoms with Crippen molar-refractivity contribution in [3.63, 3.8) is 0 Å². The molecule has 1 aliphatic rings. The average molecular weight is 190 g/mol. The molecule has 1 rings (SSSR count). The van der Waals surface area contributed by atoms with Gasteiger partial charge < -0.3 is 10.4 Å². The Morgan fingerprint density at radius 1 is 1.33 bits per heavy atom. The highest BCUT2D eigenvalue weighted by Crippen LogP contribution is 1.91. The molecule has 0 spiro atoms. The van der Waals surface area contributed by atoms with Crippen LogP contribution in [-0.2, 0) is 0 Å². The highest BCUT2D eigenvalue weighted by Gasteiger charge is 1.82. The van der Waals surface area contributed by atoms with Crippen LogP contribution in [0.4, 0.5) is 0 Å². The van der Waals surface area contributed by atoms with Crippen molar-refractivity contribution in [1.29, 1.82) is 0 Å². The Hall–Kier alpha value is -0.700. The Kier molecular flexibility index (Phi) is 3.88. The van der Waals surface area contributed by atoms with Gasteiger partial charge in [-0.25, -0.2) is 0 Å². The van der Waals surface area contributed by atoms with E-state index in [4.69, 9.17) is 5.11 Å². The molecule has 1 aliphatic heterocycles. The van der Waals surface area contributed by atoms with Gasteiger partial charge >= 0.3 is 0 Å². The summed E-state index contributed by atoms with van der Waals surface area (Å²) < 4.78 is 0. The summed E-state index contributed by atoms with van der Waals surface area (Å²) in [5.74, 6) is 0.245. The molecule has 0 aromatic heterocycles. The minimum atomic E-state index is 0. The molecule has 0 atom stereocenters. The lowest BCUT2D eigenvalue weighted by Gasteiger charge is -1.85. The summed E-state index contributed by atoms with van der Waals surface area (Å²) in [7, 11) is 0. The Labute approximate surface area is 64.3 Å². The van der Waals surface area contributed by atoms with Crippen LogP contribution in [0.5, 0.6) is 0 Å². The molecule has 0 fully saturated rings. The normalized spacial score (nSPS) is 14.9. The molecule has 0 unspecified atom stereocenters. The van der Waals surface area contributed by atoms with Gasteiger partial charge in [0, 0.05) is 12.4 Å². The summed E-state index contributed by atoms with van der Waals surface area (Å²) in [6, 6.07) is 0. The molecule has 3 heteroatoms. The third-order valence-electron chi connectivity index (χ3n) is 0.802. The van der Waals surface area contributed by atoms with Crippen LogP contribution < -0.4 is 5.32 Å². The summed E-state index contributed by atoms with van der Waals surface area (Å²) in [6.45, 7) is 0. The average Bonchev–Trinajstić information content (AvgIpc) is 1.94. The first-order valence-electron chi connectivity index (χ1n) is 2.38. The van der Waals surface area contributed by atoms with Crippen molar-refractivity contribution < 1.29 is 5.11 Å². The lowest BCUT2D eigenvalue weighted by atomic mass is 10.4. The van der Waals surface area contributed by atoms with Gasteiger partial charge in [0.1, 0.15) is 5.76 Å². The van der Waals surface area contributed by atoms with Gasteiger partial charge in [0.25, 0.3) is 0 Å². The highest BCUT2D eigenvalue weighted by molar-refractivity contribution is 8.93. The molecule has 1 heterocycles. The Bertz CT molecular complexity index is 158. The van der Waals surface area contributed by atoms with Crippen LogP contribution in [0.25, 0.3) is 0 Å². The molecule has 9 heavy (non-hydrogen) atoms. The molecule has 50 valence electrons. The lowest BCUT2D eigenvalue weighted by molar-refractivity contribution is 0.429. The van der Waals surface area contributed by atoms with Crippen LogP contribution in [0, 0.1) is 0 Å². The number of allylic oxidation sites excluding steroid dienone is 3. The predicted octanol–water partition coefficient (Wildman–Crippen LogP) is 1.64. The zero-order valence-corrected chi connectivity index (χ0v) is 6.46. The molecule has 2 nitrogen and oxygen atoms in total. The molecule has 0 aromatic carbocycles. The second kappa shape index (κ2) is 4.21. The molecule has 0 bridgehead atoms. The molecule has 2 N–H and O–H groups in total. The minimum Gasteiger partial charge on any atom is -0.506 e. The molecular formula is C6H8BrNO. The summed E-state index contributed by atoms with van der Waals surface area (Å²) >= 11 is 0. The number of aliphatic hydroxyl groups excluding tert-OH is 1. The number of halogens is 1. The number of aliphatic hydroxyl groups is 1. The second-order valence-corrected chi connectivity index (χ2v) is 1.45.